The van der Waals surface area contributed by atoms with Crippen LogP contribution in [0.1, 0.15) is 15.9 Å². The molecular formula is C16H14F2N2O3S. The maximum absolute atomic E-state index is 13.7. The number of carbonyl (C=O) groups is 1. The van der Waals surface area contributed by atoms with Gasteiger partial charge >= 0.3 is 0 Å². The summed E-state index contributed by atoms with van der Waals surface area (Å²) < 4.78 is 26.6. The zero-order valence-corrected chi connectivity index (χ0v) is 13.8. The smallest absolute Gasteiger partial charge is 0.282 e. The highest BCUT2D eigenvalue weighted by atomic mass is 32.2. The molecule has 0 aliphatic rings. The minimum atomic E-state index is -0.776. The van der Waals surface area contributed by atoms with Gasteiger partial charge in [0.25, 0.3) is 11.6 Å². The molecular weight excluding hydrogens is 338 g/mol. The number of nitrogens with zero attached hydrogens (tertiary/aromatic N) is 2. The number of amides is 1. The summed E-state index contributed by atoms with van der Waals surface area (Å²) in [7, 11) is 1.40. The number of thioether (sulfide) groups is 1. The fraction of sp³-hybridized carbons (Fsp3) is 0.188. The normalized spacial score (nSPS) is 10.5. The summed E-state index contributed by atoms with van der Waals surface area (Å²) in [5, 5.41) is 11.1. The zero-order chi connectivity index (χ0) is 17.9. The molecule has 0 heterocycles. The second-order valence-electron chi connectivity index (χ2n) is 5.04. The van der Waals surface area contributed by atoms with Crippen molar-refractivity contribution in [2.45, 2.75) is 11.4 Å². The first-order chi connectivity index (χ1) is 11.3. The Morgan fingerprint density at radius 1 is 1.25 bits per heavy atom. The van der Waals surface area contributed by atoms with E-state index in [1.807, 2.05) is 0 Å². The quantitative estimate of drug-likeness (QED) is 0.466. The van der Waals surface area contributed by atoms with Gasteiger partial charge in [-0.3, -0.25) is 14.9 Å². The summed E-state index contributed by atoms with van der Waals surface area (Å²) in [5.74, 6) is -2.10. The Labute approximate surface area is 141 Å². The van der Waals surface area contributed by atoms with E-state index in [1.165, 1.54) is 37.0 Å². The molecule has 126 valence electrons. The van der Waals surface area contributed by atoms with Gasteiger partial charge in [0.15, 0.2) is 0 Å². The van der Waals surface area contributed by atoms with E-state index in [4.69, 9.17) is 0 Å². The fourth-order valence-corrected chi connectivity index (χ4v) is 2.60. The van der Waals surface area contributed by atoms with Crippen molar-refractivity contribution in [3.05, 3.63) is 69.3 Å². The predicted octanol–water partition coefficient (Wildman–Crippen LogP) is 3.87. The van der Waals surface area contributed by atoms with Gasteiger partial charge in [-0.25, -0.2) is 8.78 Å². The Morgan fingerprint density at radius 3 is 2.54 bits per heavy atom. The van der Waals surface area contributed by atoms with Crippen LogP contribution in [0, 0.1) is 21.7 Å². The molecule has 0 bridgehead atoms. The van der Waals surface area contributed by atoms with Crippen LogP contribution in [0.4, 0.5) is 14.5 Å². The first-order valence-electron chi connectivity index (χ1n) is 6.85. The van der Waals surface area contributed by atoms with Gasteiger partial charge in [0.2, 0.25) is 0 Å². The van der Waals surface area contributed by atoms with Crippen molar-refractivity contribution in [1.29, 1.82) is 0 Å². The molecule has 24 heavy (non-hydrogen) atoms. The maximum atomic E-state index is 13.7. The minimum Gasteiger partial charge on any atom is -0.337 e. The third-order valence-corrected chi connectivity index (χ3v) is 4.13. The van der Waals surface area contributed by atoms with Crippen molar-refractivity contribution in [2.24, 2.45) is 0 Å². The van der Waals surface area contributed by atoms with E-state index in [0.29, 0.717) is 4.90 Å². The number of hydrogen-bond donors (Lipinski definition) is 0. The van der Waals surface area contributed by atoms with Crippen molar-refractivity contribution in [1.82, 2.24) is 4.90 Å². The molecule has 0 saturated carbocycles. The SMILES string of the molecule is CSc1ccc([N+](=O)[O-])c(C(=O)N(C)Cc2ccc(F)cc2F)c1. The molecule has 0 unspecified atom stereocenters. The predicted molar refractivity (Wildman–Crippen MR) is 87.0 cm³/mol. The van der Waals surface area contributed by atoms with Crippen molar-refractivity contribution in [3.8, 4) is 0 Å². The van der Waals surface area contributed by atoms with Crippen LogP contribution in [-0.2, 0) is 6.54 Å². The molecule has 0 fully saturated rings. The first kappa shape index (κ1) is 17.9. The lowest BCUT2D eigenvalue weighted by Gasteiger charge is -2.18. The lowest BCUT2D eigenvalue weighted by atomic mass is 10.1. The van der Waals surface area contributed by atoms with Gasteiger partial charge in [-0.15, -0.1) is 11.8 Å². The van der Waals surface area contributed by atoms with Gasteiger partial charge in [-0.2, -0.15) is 0 Å². The minimum absolute atomic E-state index is 0.0723. The topological polar surface area (TPSA) is 63.5 Å². The second-order valence-corrected chi connectivity index (χ2v) is 5.92. The zero-order valence-electron chi connectivity index (χ0n) is 13.0. The number of nitro benzene ring substituents is 1. The maximum Gasteiger partial charge on any atom is 0.282 e. The highest BCUT2D eigenvalue weighted by Crippen LogP contribution is 2.26. The van der Waals surface area contributed by atoms with Crippen LogP contribution in [0.15, 0.2) is 41.3 Å². The van der Waals surface area contributed by atoms with Crippen molar-refractivity contribution >= 4 is 23.4 Å². The standard InChI is InChI=1S/C16H14F2N2O3S/c1-19(9-10-3-4-11(17)7-14(10)18)16(21)13-8-12(24-2)5-6-15(13)20(22)23/h3-8H,9H2,1-2H3. The van der Waals surface area contributed by atoms with Gasteiger partial charge in [-0.05, 0) is 24.5 Å². The van der Waals surface area contributed by atoms with Gasteiger partial charge < -0.3 is 4.90 Å². The largest absolute Gasteiger partial charge is 0.337 e. The summed E-state index contributed by atoms with van der Waals surface area (Å²) in [6.45, 7) is -0.133. The van der Waals surface area contributed by atoms with E-state index in [9.17, 15) is 23.7 Å². The molecule has 2 aromatic carbocycles. The molecule has 0 aliphatic carbocycles. The molecule has 0 aromatic heterocycles. The molecule has 1 amide bonds. The van der Waals surface area contributed by atoms with Crippen LogP contribution < -0.4 is 0 Å². The van der Waals surface area contributed by atoms with Gasteiger partial charge in [0.05, 0.1) is 4.92 Å². The average Bonchev–Trinajstić information content (AvgIpc) is 2.55. The molecule has 8 heteroatoms. The lowest BCUT2D eigenvalue weighted by molar-refractivity contribution is -0.385. The fourth-order valence-electron chi connectivity index (χ4n) is 2.16. The van der Waals surface area contributed by atoms with Crippen LogP contribution in [-0.4, -0.2) is 29.0 Å². The molecule has 0 saturated heterocycles. The number of hydrogen-bond acceptors (Lipinski definition) is 4. The van der Waals surface area contributed by atoms with E-state index >= 15 is 0 Å². The van der Waals surface area contributed by atoms with Crippen LogP contribution in [0.3, 0.4) is 0 Å². The summed E-state index contributed by atoms with van der Waals surface area (Å²) in [5.41, 5.74) is -0.267. The number of nitro groups is 1. The number of benzene rings is 2. The van der Waals surface area contributed by atoms with Crippen molar-refractivity contribution < 1.29 is 18.5 Å². The molecule has 0 aliphatic heterocycles. The average molecular weight is 352 g/mol. The number of rotatable bonds is 5. The summed E-state index contributed by atoms with van der Waals surface area (Å²) >= 11 is 1.35. The number of halogens is 2. The van der Waals surface area contributed by atoms with E-state index in [-0.39, 0.29) is 23.4 Å². The third-order valence-electron chi connectivity index (χ3n) is 3.40. The van der Waals surface area contributed by atoms with E-state index < -0.39 is 22.5 Å². The Balaban J connectivity index is 2.31. The first-order valence-corrected chi connectivity index (χ1v) is 8.07. The van der Waals surface area contributed by atoms with Gasteiger partial charge in [-0.1, -0.05) is 6.07 Å². The molecule has 0 N–H and O–H groups in total. The lowest BCUT2D eigenvalue weighted by Crippen LogP contribution is -2.27. The monoisotopic (exact) mass is 352 g/mol. The Kier molecular flexibility index (Phi) is 5.50. The molecule has 0 radical (unpaired) electrons. The molecule has 5 nitrogen and oxygen atoms in total. The highest BCUT2D eigenvalue weighted by Gasteiger charge is 2.24. The van der Waals surface area contributed by atoms with Crippen LogP contribution in [0.5, 0.6) is 0 Å². The second kappa shape index (κ2) is 7.39. The van der Waals surface area contributed by atoms with Crippen LogP contribution in [0.2, 0.25) is 0 Å². The van der Waals surface area contributed by atoms with Gasteiger partial charge in [0.1, 0.15) is 17.2 Å². The highest BCUT2D eigenvalue weighted by molar-refractivity contribution is 7.98. The summed E-state index contributed by atoms with van der Waals surface area (Å²) in [6.07, 6.45) is 1.78. The molecule has 2 rings (SSSR count). The van der Waals surface area contributed by atoms with E-state index in [2.05, 4.69) is 0 Å². The van der Waals surface area contributed by atoms with E-state index in [0.717, 1.165) is 17.0 Å². The molecule has 0 atom stereocenters. The van der Waals surface area contributed by atoms with Crippen LogP contribution in [0.25, 0.3) is 0 Å². The van der Waals surface area contributed by atoms with E-state index in [1.54, 1.807) is 12.3 Å². The molecule has 2 aromatic rings. The third kappa shape index (κ3) is 3.88. The Hall–Kier alpha value is -2.48. The van der Waals surface area contributed by atoms with Crippen LogP contribution >= 0.6 is 11.8 Å². The van der Waals surface area contributed by atoms with Crippen molar-refractivity contribution in [2.75, 3.05) is 13.3 Å². The van der Waals surface area contributed by atoms with Crippen molar-refractivity contribution in [3.63, 3.8) is 0 Å². The number of carbonyl (C=O) groups excluding carboxylic acids is 1. The molecule has 0 spiro atoms. The van der Waals surface area contributed by atoms with Gasteiger partial charge in [0, 0.05) is 36.2 Å². The Morgan fingerprint density at radius 2 is 1.96 bits per heavy atom. The summed E-state index contributed by atoms with van der Waals surface area (Å²) in [4.78, 5) is 24.9. The Bertz CT molecular complexity index is 799. The summed E-state index contributed by atoms with van der Waals surface area (Å²) in [6, 6.07) is 7.31.